The summed E-state index contributed by atoms with van der Waals surface area (Å²) in [6.45, 7) is 17.4. The third kappa shape index (κ3) is 6.87. The van der Waals surface area contributed by atoms with Crippen LogP contribution in [0.4, 0.5) is 27.5 Å². The first-order valence-electron chi connectivity index (χ1n) is 17.0. The summed E-state index contributed by atoms with van der Waals surface area (Å²) in [5.41, 5.74) is 5.41. The molecule has 0 radical (unpaired) electrons. The Morgan fingerprint density at radius 1 is 1.00 bits per heavy atom. The molecule has 1 spiro atoms. The van der Waals surface area contributed by atoms with Crippen molar-refractivity contribution in [2.45, 2.75) is 71.8 Å². The van der Waals surface area contributed by atoms with Crippen molar-refractivity contribution in [3.63, 3.8) is 0 Å². The van der Waals surface area contributed by atoms with E-state index in [1.807, 2.05) is 42.5 Å². The molecule has 7 nitrogen and oxygen atoms in total. The molecule has 2 amide bonds. The van der Waals surface area contributed by atoms with Gasteiger partial charge in [-0.05, 0) is 98.6 Å². The second kappa shape index (κ2) is 13.1. The van der Waals surface area contributed by atoms with Crippen molar-refractivity contribution < 1.29 is 9.90 Å². The number of carbonyl (C=O) groups excluding carboxylic acids is 1. The Morgan fingerprint density at radius 3 is 2.41 bits per heavy atom. The van der Waals surface area contributed by atoms with Crippen LogP contribution in [0.15, 0.2) is 60.7 Å². The second-order valence-corrected chi connectivity index (χ2v) is 15.7. The van der Waals surface area contributed by atoms with E-state index >= 15 is 0 Å². The van der Waals surface area contributed by atoms with Crippen LogP contribution in [-0.4, -0.2) is 60.2 Å². The van der Waals surface area contributed by atoms with Gasteiger partial charge in [-0.1, -0.05) is 70.5 Å². The fourth-order valence-electron chi connectivity index (χ4n) is 8.00. The Balaban J connectivity index is 1.19. The minimum atomic E-state index is -0.303. The highest BCUT2D eigenvalue weighted by molar-refractivity contribution is 6.32. The highest BCUT2D eigenvalue weighted by atomic mass is 35.5. The van der Waals surface area contributed by atoms with Gasteiger partial charge in [-0.3, -0.25) is 4.90 Å². The molecule has 2 fully saturated rings. The number of halogens is 1. The Bertz CT molecular complexity index is 1540. The molecule has 3 aliphatic rings. The van der Waals surface area contributed by atoms with E-state index in [1.54, 1.807) is 6.07 Å². The van der Waals surface area contributed by atoms with Gasteiger partial charge >= 0.3 is 6.03 Å². The van der Waals surface area contributed by atoms with Crippen molar-refractivity contribution in [3.05, 3.63) is 76.8 Å². The fraction of sp³-hybridized carbons (Fsp3) is 0.500. The van der Waals surface area contributed by atoms with Crippen LogP contribution in [-0.2, 0) is 5.41 Å². The number of urea groups is 1. The summed E-state index contributed by atoms with van der Waals surface area (Å²) in [5, 5.41) is 18.0. The SMILES string of the molecule is CC(C)CN1CCCC1c1ccc(NC(=O)Nc2ccccc2N2CC3(CCN(CC(C)(C)C)CC3)c3c(Cl)ccc(O)c32)cc1. The molecule has 3 aliphatic heterocycles. The third-order valence-electron chi connectivity index (χ3n) is 9.84. The lowest BCUT2D eigenvalue weighted by atomic mass is 9.74. The molecule has 46 heavy (non-hydrogen) atoms. The molecule has 3 aromatic carbocycles. The zero-order valence-corrected chi connectivity index (χ0v) is 28.8. The third-order valence-corrected chi connectivity index (χ3v) is 10.2. The molecule has 3 N–H and O–H groups in total. The van der Waals surface area contributed by atoms with Gasteiger partial charge in [0.05, 0.1) is 17.1 Å². The van der Waals surface area contributed by atoms with E-state index in [4.69, 9.17) is 11.6 Å². The average Bonchev–Trinajstić information content (AvgIpc) is 3.59. The lowest BCUT2D eigenvalue weighted by Crippen LogP contribution is -2.47. The van der Waals surface area contributed by atoms with E-state index < -0.39 is 0 Å². The average molecular weight is 644 g/mol. The number of carbonyl (C=O) groups is 1. The Kier molecular flexibility index (Phi) is 9.30. The number of hydrogen-bond donors (Lipinski definition) is 3. The molecule has 3 heterocycles. The minimum Gasteiger partial charge on any atom is -0.506 e. The number of hydrogen-bond acceptors (Lipinski definition) is 5. The van der Waals surface area contributed by atoms with Crippen LogP contribution < -0.4 is 15.5 Å². The van der Waals surface area contributed by atoms with Gasteiger partial charge < -0.3 is 25.5 Å². The minimum absolute atomic E-state index is 0.180. The lowest BCUT2D eigenvalue weighted by molar-refractivity contribution is 0.125. The first-order valence-corrected chi connectivity index (χ1v) is 17.3. The number of rotatable bonds is 7. The highest BCUT2D eigenvalue weighted by Crippen LogP contribution is 2.56. The van der Waals surface area contributed by atoms with Gasteiger partial charge in [0, 0.05) is 47.4 Å². The Morgan fingerprint density at radius 2 is 1.72 bits per heavy atom. The number of phenols is 1. The van der Waals surface area contributed by atoms with Crippen molar-refractivity contribution in [1.29, 1.82) is 0 Å². The highest BCUT2D eigenvalue weighted by Gasteiger charge is 2.48. The molecule has 0 aromatic heterocycles. The fourth-order valence-corrected chi connectivity index (χ4v) is 8.35. The van der Waals surface area contributed by atoms with Crippen LogP contribution in [0, 0.1) is 11.3 Å². The predicted molar refractivity (Wildman–Crippen MR) is 191 cm³/mol. The van der Waals surface area contributed by atoms with Gasteiger partial charge in [0.1, 0.15) is 5.75 Å². The van der Waals surface area contributed by atoms with Gasteiger partial charge in [-0.25, -0.2) is 4.79 Å². The molecular formula is C38H50ClN5O2. The van der Waals surface area contributed by atoms with E-state index in [-0.39, 0.29) is 22.6 Å². The maximum absolute atomic E-state index is 13.4. The summed E-state index contributed by atoms with van der Waals surface area (Å²) in [6, 6.07) is 19.8. The van der Waals surface area contributed by atoms with E-state index in [0.29, 0.717) is 29.2 Å². The number of piperidine rings is 1. The molecule has 6 rings (SSSR count). The Labute approximate surface area is 279 Å². The van der Waals surface area contributed by atoms with Crippen LogP contribution in [0.2, 0.25) is 5.02 Å². The van der Waals surface area contributed by atoms with Crippen LogP contribution in [0.25, 0.3) is 0 Å². The molecule has 0 bridgehead atoms. The smallest absolute Gasteiger partial charge is 0.323 e. The molecule has 246 valence electrons. The quantitative estimate of drug-likeness (QED) is 0.240. The monoisotopic (exact) mass is 643 g/mol. The predicted octanol–water partition coefficient (Wildman–Crippen LogP) is 9.01. The van der Waals surface area contributed by atoms with Crippen molar-refractivity contribution in [2.75, 3.05) is 54.8 Å². The van der Waals surface area contributed by atoms with Gasteiger partial charge in [-0.2, -0.15) is 0 Å². The van der Waals surface area contributed by atoms with E-state index in [1.165, 1.54) is 18.4 Å². The van der Waals surface area contributed by atoms with Crippen LogP contribution in [0.5, 0.6) is 5.75 Å². The number of likely N-dealkylation sites (tertiary alicyclic amines) is 2. The number of para-hydroxylation sites is 2. The van der Waals surface area contributed by atoms with Crippen molar-refractivity contribution >= 4 is 40.4 Å². The first kappa shape index (κ1) is 32.7. The van der Waals surface area contributed by atoms with Gasteiger partial charge in [0.25, 0.3) is 0 Å². The molecule has 1 atom stereocenters. The van der Waals surface area contributed by atoms with E-state index in [2.05, 4.69) is 72.1 Å². The number of fused-ring (bicyclic) bond motifs is 2. The summed E-state index contributed by atoms with van der Waals surface area (Å²) in [6.07, 6.45) is 4.31. The number of nitrogens with zero attached hydrogens (tertiary/aromatic N) is 3. The van der Waals surface area contributed by atoms with Crippen LogP contribution in [0.1, 0.15) is 77.5 Å². The number of nitrogens with one attached hydrogen (secondary N) is 2. The largest absolute Gasteiger partial charge is 0.506 e. The second-order valence-electron chi connectivity index (χ2n) is 15.3. The van der Waals surface area contributed by atoms with Crippen LogP contribution in [0.3, 0.4) is 0 Å². The number of anilines is 4. The summed E-state index contributed by atoms with van der Waals surface area (Å²) in [7, 11) is 0. The number of aromatic hydroxyl groups is 1. The van der Waals surface area contributed by atoms with Gasteiger partial charge in [0.2, 0.25) is 0 Å². The number of benzene rings is 3. The standard InChI is InChI=1S/C38H50ClN5O2/c1-26(2)23-43-20-8-11-31(43)27-12-14-28(15-13-27)40-36(46)41-30-9-6-7-10-32(30)44-25-38(34-29(39)16-17-33(45)35(34)44)18-21-42(22-19-38)24-37(3,4)5/h6-7,9-10,12-17,26,31,45H,8,11,18-25H2,1-5H3,(H2,40,41,46). The van der Waals surface area contributed by atoms with Crippen molar-refractivity contribution in [2.24, 2.45) is 11.3 Å². The summed E-state index contributed by atoms with van der Waals surface area (Å²) in [5.74, 6) is 0.849. The van der Waals surface area contributed by atoms with Gasteiger partial charge in [-0.15, -0.1) is 0 Å². The molecule has 0 saturated carbocycles. The first-order chi connectivity index (χ1) is 21.9. The van der Waals surface area contributed by atoms with E-state index in [9.17, 15) is 9.90 Å². The zero-order valence-electron chi connectivity index (χ0n) is 28.1. The van der Waals surface area contributed by atoms with Crippen molar-refractivity contribution in [3.8, 4) is 5.75 Å². The van der Waals surface area contributed by atoms with Crippen molar-refractivity contribution in [1.82, 2.24) is 9.80 Å². The molecule has 1 unspecified atom stereocenters. The number of amides is 2. The molecular weight excluding hydrogens is 594 g/mol. The summed E-state index contributed by atoms with van der Waals surface area (Å²) >= 11 is 6.92. The molecule has 2 saturated heterocycles. The van der Waals surface area contributed by atoms with E-state index in [0.717, 1.165) is 68.2 Å². The molecule has 3 aromatic rings. The maximum Gasteiger partial charge on any atom is 0.323 e. The maximum atomic E-state index is 13.4. The molecule has 0 aliphatic carbocycles. The number of phenolic OH excluding ortho intramolecular Hbond substituents is 1. The van der Waals surface area contributed by atoms with Gasteiger partial charge in [0.15, 0.2) is 0 Å². The summed E-state index contributed by atoms with van der Waals surface area (Å²) in [4.78, 5) is 20.6. The zero-order chi connectivity index (χ0) is 32.6. The Hall–Kier alpha value is -3.26. The lowest BCUT2D eigenvalue weighted by Gasteiger charge is -2.42. The topological polar surface area (TPSA) is 71.1 Å². The summed E-state index contributed by atoms with van der Waals surface area (Å²) < 4.78 is 0. The molecule has 8 heteroatoms. The normalized spacial score (nSPS) is 20.0. The van der Waals surface area contributed by atoms with Crippen LogP contribution >= 0.6 is 11.6 Å².